The van der Waals surface area contributed by atoms with Gasteiger partial charge >= 0.3 is 0 Å². The minimum Gasteiger partial charge on any atom is -0.497 e. The summed E-state index contributed by atoms with van der Waals surface area (Å²) in [5.74, 6) is 2.46. The number of H-pyrrole nitrogens is 1. The van der Waals surface area contributed by atoms with Gasteiger partial charge in [0.2, 0.25) is 5.91 Å². The molecule has 2 aromatic rings. The molecule has 0 spiro atoms. The normalized spacial score (nSPS) is 16.3. The highest BCUT2D eigenvalue weighted by atomic mass is 16.5. The summed E-state index contributed by atoms with van der Waals surface area (Å²) in [6.07, 6.45) is 5.90. The monoisotopic (exact) mass is 315 g/mol. The summed E-state index contributed by atoms with van der Waals surface area (Å²) in [4.78, 5) is 19.5. The first kappa shape index (κ1) is 15.4. The van der Waals surface area contributed by atoms with E-state index in [9.17, 15) is 4.79 Å². The molecule has 0 fully saturated rings. The van der Waals surface area contributed by atoms with E-state index in [0.717, 1.165) is 35.7 Å². The fourth-order valence-electron chi connectivity index (χ4n) is 2.71. The van der Waals surface area contributed by atoms with Gasteiger partial charge in [-0.05, 0) is 36.6 Å². The lowest BCUT2D eigenvalue weighted by molar-refractivity contribution is -0.126. The summed E-state index contributed by atoms with van der Waals surface area (Å²) in [6.45, 7) is 1.06. The standard InChI is InChI=1S/C17H21N3O3/c1-22-14-4-5-15-12(10-14)9-13(11-23-15)17(21)20-6-2-3-16-18-7-8-19-16/h4-5,7-8,10,13H,2-3,6,9,11H2,1H3,(H,18,19)(H,20,21)/t13-/m0/s1. The molecule has 0 radical (unpaired) electrons. The van der Waals surface area contributed by atoms with E-state index in [-0.39, 0.29) is 11.8 Å². The summed E-state index contributed by atoms with van der Waals surface area (Å²) in [5, 5.41) is 2.98. The van der Waals surface area contributed by atoms with Crippen LogP contribution in [0.5, 0.6) is 11.5 Å². The highest BCUT2D eigenvalue weighted by Gasteiger charge is 2.26. The molecule has 2 N–H and O–H groups in total. The quantitative estimate of drug-likeness (QED) is 0.796. The van der Waals surface area contributed by atoms with E-state index >= 15 is 0 Å². The Kier molecular flexibility index (Phi) is 4.80. The Morgan fingerprint density at radius 1 is 1.52 bits per heavy atom. The van der Waals surface area contributed by atoms with Crippen molar-refractivity contribution in [3.05, 3.63) is 42.0 Å². The number of hydrogen-bond acceptors (Lipinski definition) is 4. The van der Waals surface area contributed by atoms with Crippen molar-refractivity contribution in [2.75, 3.05) is 20.3 Å². The molecule has 23 heavy (non-hydrogen) atoms. The lowest BCUT2D eigenvalue weighted by Gasteiger charge is -2.25. The molecule has 1 aliphatic rings. The zero-order valence-corrected chi connectivity index (χ0v) is 13.2. The van der Waals surface area contributed by atoms with E-state index in [1.807, 2.05) is 18.2 Å². The second kappa shape index (κ2) is 7.17. The molecule has 0 saturated heterocycles. The van der Waals surface area contributed by atoms with Crippen LogP contribution in [0.3, 0.4) is 0 Å². The van der Waals surface area contributed by atoms with E-state index in [4.69, 9.17) is 9.47 Å². The molecule has 0 saturated carbocycles. The number of carbonyl (C=O) groups excluding carboxylic acids is 1. The average molecular weight is 315 g/mol. The van der Waals surface area contributed by atoms with Gasteiger partial charge < -0.3 is 19.8 Å². The van der Waals surface area contributed by atoms with Crippen molar-refractivity contribution in [1.29, 1.82) is 0 Å². The number of ether oxygens (including phenoxy) is 2. The Labute approximate surface area is 135 Å². The van der Waals surface area contributed by atoms with Gasteiger partial charge in [0.25, 0.3) is 0 Å². The van der Waals surface area contributed by atoms with Crippen LogP contribution in [0.4, 0.5) is 0 Å². The third-order valence-corrected chi connectivity index (χ3v) is 3.99. The maximum Gasteiger partial charge on any atom is 0.226 e. The molecule has 0 bridgehead atoms. The van der Waals surface area contributed by atoms with Gasteiger partial charge in [-0.15, -0.1) is 0 Å². The highest BCUT2D eigenvalue weighted by Crippen LogP contribution is 2.30. The van der Waals surface area contributed by atoms with Crippen LogP contribution in [0.25, 0.3) is 0 Å². The van der Waals surface area contributed by atoms with E-state index in [0.29, 0.717) is 19.6 Å². The van der Waals surface area contributed by atoms with Gasteiger partial charge in [-0.3, -0.25) is 4.79 Å². The first-order chi connectivity index (χ1) is 11.3. The van der Waals surface area contributed by atoms with Crippen molar-refractivity contribution in [1.82, 2.24) is 15.3 Å². The molecule has 6 heteroatoms. The summed E-state index contributed by atoms with van der Waals surface area (Å²) in [6, 6.07) is 5.70. The Hall–Kier alpha value is -2.50. The van der Waals surface area contributed by atoms with Gasteiger partial charge in [0.05, 0.1) is 13.0 Å². The number of imidazole rings is 1. The second-order valence-electron chi connectivity index (χ2n) is 5.62. The number of amides is 1. The van der Waals surface area contributed by atoms with Gasteiger partial charge in [0.15, 0.2) is 0 Å². The third-order valence-electron chi connectivity index (χ3n) is 3.99. The van der Waals surface area contributed by atoms with Crippen LogP contribution in [0, 0.1) is 5.92 Å². The predicted octanol–water partition coefficient (Wildman–Crippen LogP) is 1.72. The van der Waals surface area contributed by atoms with E-state index in [1.54, 1.807) is 19.5 Å². The van der Waals surface area contributed by atoms with Crippen LogP contribution in [0.1, 0.15) is 17.8 Å². The van der Waals surface area contributed by atoms with Crippen molar-refractivity contribution < 1.29 is 14.3 Å². The number of rotatable bonds is 6. The van der Waals surface area contributed by atoms with Crippen LogP contribution >= 0.6 is 0 Å². The van der Waals surface area contributed by atoms with Crippen molar-refractivity contribution in [3.8, 4) is 11.5 Å². The smallest absolute Gasteiger partial charge is 0.226 e. The van der Waals surface area contributed by atoms with Gasteiger partial charge in [0, 0.05) is 25.4 Å². The minimum absolute atomic E-state index is 0.0397. The van der Waals surface area contributed by atoms with E-state index in [1.165, 1.54) is 0 Å². The topological polar surface area (TPSA) is 76.2 Å². The van der Waals surface area contributed by atoms with E-state index < -0.39 is 0 Å². The van der Waals surface area contributed by atoms with Crippen molar-refractivity contribution in [3.63, 3.8) is 0 Å². The molecule has 1 amide bonds. The molecule has 3 rings (SSSR count). The molecular formula is C17H21N3O3. The van der Waals surface area contributed by atoms with Gasteiger partial charge in [-0.1, -0.05) is 0 Å². The fraction of sp³-hybridized carbons (Fsp3) is 0.412. The zero-order valence-electron chi connectivity index (χ0n) is 13.2. The highest BCUT2D eigenvalue weighted by molar-refractivity contribution is 5.79. The first-order valence-corrected chi connectivity index (χ1v) is 7.82. The maximum absolute atomic E-state index is 12.3. The molecule has 2 heterocycles. The molecule has 1 aliphatic heterocycles. The number of nitrogens with one attached hydrogen (secondary N) is 2. The summed E-state index contributed by atoms with van der Waals surface area (Å²) < 4.78 is 10.9. The predicted molar refractivity (Wildman–Crippen MR) is 85.6 cm³/mol. The number of fused-ring (bicyclic) bond motifs is 1. The number of aromatic amines is 1. The average Bonchev–Trinajstić information content (AvgIpc) is 3.11. The number of aromatic nitrogens is 2. The SMILES string of the molecule is COc1ccc2c(c1)C[C@H](C(=O)NCCCc1ncc[nH]1)CO2. The Morgan fingerprint density at radius 2 is 2.43 bits per heavy atom. The Morgan fingerprint density at radius 3 is 3.22 bits per heavy atom. The molecule has 122 valence electrons. The number of methoxy groups -OCH3 is 1. The minimum atomic E-state index is -0.154. The van der Waals surface area contributed by atoms with Crippen molar-refractivity contribution >= 4 is 5.91 Å². The largest absolute Gasteiger partial charge is 0.497 e. The number of nitrogens with zero attached hydrogens (tertiary/aromatic N) is 1. The maximum atomic E-state index is 12.3. The molecule has 1 atom stereocenters. The van der Waals surface area contributed by atoms with Crippen LogP contribution in [0.2, 0.25) is 0 Å². The van der Waals surface area contributed by atoms with Crippen molar-refractivity contribution in [2.45, 2.75) is 19.3 Å². The molecule has 1 aromatic heterocycles. The van der Waals surface area contributed by atoms with Crippen LogP contribution < -0.4 is 14.8 Å². The Bertz CT molecular complexity index is 655. The van der Waals surface area contributed by atoms with Gasteiger partial charge in [-0.25, -0.2) is 4.98 Å². The lowest BCUT2D eigenvalue weighted by Crippen LogP contribution is -2.37. The molecule has 0 aliphatic carbocycles. The molecular weight excluding hydrogens is 294 g/mol. The van der Waals surface area contributed by atoms with Crippen molar-refractivity contribution in [2.24, 2.45) is 5.92 Å². The van der Waals surface area contributed by atoms with Crippen LogP contribution in [-0.4, -0.2) is 36.1 Å². The number of hydrogen-bond donors (Lipinski definition) is 2. The second-order valence-corrected chi connectivity index (χ2v) is 5.62. The molecule has 6 nitrogen and oxygen atoms in total. The summed E-state index contributed by atoms with van der Waals surface area (Å²) in [5.41, 5.74) is 1.02. The van der Waals surface area contributed by atoms with E-state index in [2.05, 4.69) is 15.3 Å². The fourth-order valence-corrected chi connectivity index (χ4v) is 2.71. The molecule has 1 aromatic carbocycles. The van der Waals surface area contributed by atoms with Crippen LogP contribution in [0.15, 0.2) is 30.6 Å². The number of carbonyl (C=O) groups is 1. The van der Waals surface area contributed by atoms with Gasteiger partial charge in [-0.2, -0.15) is 0 Å². The lowest BCUT2D eigenvalue weighted by atomic mass is 9.95. The number of benzene rings is 1. The van der Waals surface area contributed by atoms with Crippen LogP contribution in [-0.2, 0) is 17.6 Å². The summed E-state index contributed by atoms with van der Waals surface area (Å²) in [7, 11) is 1.63. The Balaban J connectivity index is 1.48. The van der Waals surface area contributed by atoms with Gasteiger partial charge in [0.1, 0.15) is 23.9 Å². The zero-order chi connectivity index (χ0) is 16.1. The number of aryl methyl sites for hydroxylation is 1. The first-order valence-electron chi connectivity index (χ1n) is 7.82. The third kappa shape index (κ3) is 3.83. The molecule has 0 unspecified atom stereocenters. The summed E-state index contributed by atoms with van der Waals surface area (Å²) >= 11 is 0.